The van der Waals surface area contributed by atoms with Gasteiger partial charge >= 0.3 is 0 Å². The lowest BCUT2D eigenvalue weighted by molar-refractivity contribution is 0.494. The lowest BCUT2D eigenvalue weighted by Gasteiger charge is -2.28. The van der Waals surface area contributed by atoms with Crippen LogP contribution >= 0.6 is 34.9 Å². The molecular formula is C11H18N2S3. The zero-order valence-corrected chi connectivity index (χ0v) is 11.7. The maximum atomic E-state index is 5.67. The number of hydrogen-bond acceptors (Lipinski definition) is 5. The number of aryl methyl sites for hydroxylation is 1. The highest BCUT2D eigenvalue weighted by molar-refractivity contribution is 8.06. The summed E-state index contributed by atoms with van der Waals surface area (Å²) < 4.78 is 0. The van der Waals surface area contributed by atoms with Crippen LogP contribution in [0.1, 0.15) is 11.3 Å². The lowest BCUT2D eigenvalue weighted by atomic mass is 10.1. The van der Waals surface area contributed by atoms with E-state index in [1.165, 1.54) is 22.1 Å². The molecule has 2 unspecified atom stereocenters. The average molecular weight is 274 g/mol. The van der Waals surface area contributed by atoms with E-state index in [0.29, 0.717) is 11.3 Å². The van der Waals surface area contributed by atoms with E-state index in [1.54, 1.807) is 0 Å². The van der Waals surface area contributed by atoms with Gasteiger partial charge in [-0.05, 0) is 24.3 Å². The first-order chi connectivity index (χ1) is 7.90. The van der Waals surface area contributed by atoms with Gasteiger partial charge in [-0.25, -0.2) is 0 Å². The quantitative estimate of drug-likeness (QED) is 0.638. The Morgan fingerprint density at radius 1 is 1.50 bits per heavy atom. The van der Waals surface area contributed by atoms with E-state index in [-0.39, 0.29) is 0 Å². The standard InChI is InChI=1S/C11H18N2S3/c12-13-10(11-8-14-6-7-16-11)4-3-9-2-1-5-15-9/h1-2,5,10-11,13H,3-4,6-8,12H2. The third kappa shape index (κ3) is 3.67. The molecule has 0 saturated carbocycles. The molecule has 0 aromatic carbocycles. The van der Waals surface area contributed by atoms with Gasteiger partial charge in [0.1, 0.15) is 0 Å². The zero-order valence-electron chi connectivity index (χ0n) is 9.22. The fourth-order valence-corrected chi connectivity index (χ4v) is 5.50. The van der Waals surface area contributed by atoms with Crippen LogP contribution in [0.25, 0.3) is 0 Å². The first-order valence-electron chi connectivity index (χ1n) is 5.58. The number of thioether (sulfide) groups is 2. The molecule has 1 aromatic heterocycles. The fourth-order valence-electron chi connectivity index (χ4n) is 1.87. The number of nitrogens with one attached hydrogen (secondary N) is 1. The Labute approximate surface area is 110 Å². The SMILES string of the molecule is NNC(CCc1cccs1)C1CSCCS1. The normalized spacial score (nSPS) is 23.2. The molecule has 0 amide bonds. The van der Waals surface area contributed by atoms with Crippen molar-refractivity contribution in [2.45, 2.75) is 24.1 Å². The number of thiophene rings is 1. The van der Waals surface area contributed by atoms with Gasteiger partial charge in [0, 0.05) is 33.4 Å². The molecular weight excluding hydrogens is 256 g/mol. The minimum atomic E-state index is 0.458. The number of nitrogens with two attached hydrogens (primary N) is 1. The summed E-state index contributed by atoms with van der Waals surface area (Å²) in [5, 5.41) is 2.83. The Balaban J connectivity index is 1.80. The summed E-state index contributed by atoms with van der Waals surface area (Å²) in [6.45, 7) is 0. The molecule has 1 saturated heterocycles. The Morgan fingerprint density at radius 2 is 2.44 bits per heavy atom. The largest absolute Gasteiger partial charge is 0.271 e. The second kappa shape index (κ2) is 6.91. The van der Waals surface area contributed by atoms with Crippen LogP contribution in [-0.4, -0.2) is 28.6 Å². The van der Waals surface area contributed by atoms with Gasteiger partial charge in [0.05, 0.1) is 0 Å². The molecule has 1 aromatic rings. The van der Waals surface area contributed by atoms with Crippen LogP contribution in [0, 0.1) is 0 Å². The summed E-state index contributed by atoms with van der Waals surface area (Å²) in [4.78, 5) is 1.47. The summed E-state index contributed by atoms with van der Waals surface area (Å²) >= 11 is 5.97. The van der Waals surface area contributed by atoms with Gasteiger partial charge in [-0.2, -0.15) is 23.5 Å². The Morgan fingerprint density at radius 3 is 3.06 bits per heavy atom. The van der Waals surface area contributed by atoms with Gasteiger partial charge in [-0.1, -0.05) is 6.07 Å². The summed E-state index contributed by atoms with van der Waals surface area (Å²) in [6, 6.07) is 4.79. The topological polar surface area (TPSA) is 38.0 Å². The van der Waals surface area contributed by atoms with Crippen LogP contribution in [0.15, 0.2) is 17.5 Å². The molecule has 0 radical (unpaired) electrons. The molecule has 1 fully saturated rings. The van der Waals surface area contributed by atoms with E-state index in [0.717, 1.165) is 12.8 Å². The molecule has 2 atom stereocenters. The van der Waals surface area contributed by atoms with Gasteiger partial charge < -0.3 is 0 Å². The van der Waals surface area contributed by atoms with E-state index >= 15 is 0 Å². The second-order valence-corrected chi connectivity index (χ2v) is 7.40. The lowest BCUT2D eigenvalue weighted by Crippen LogP contribution is -2.45. The minimum Gasteiger partial charge on any atom is -0.271 e. The second-order valence-electron chi connectivity index (χ2n) is 3.88. The van der Waals surface area contributed by atoms with E-state index < -0.39 is 0 Å². The molecule has 16 heavy (non-hydrogen) atoms. The summed E-state index contributed by atoms with van der Waals surface area (Å²) in [5.41, 5.74) is 3.00. The summed E-state index contributed by atoms with van der Waals surface area (Å²) in [5.74, 6) is 9.48. The van der Waals surface area contributed by atoms with Crippen molar-refractivity contribution < 1.29 is 0 Å². The predicted molar refractivity (Wildman–Crippen MR) is 77.3 cm³/mol. The van der Waals surface area contributed by atoms with E-state index in [2.05, 4.69) is 46.5 Å². The molecule has 5 heteroatoms. The predicted octanol–water partition coefficient (Wildman–Crippen LogP) is 2.36. The zero-order chi connectivity index (χ0) is 11.2. The van der Waals surface area contributed by atoms with Crippen LogP contribution in [0.2, 0.25) is 0 Å². The Hall–Kier alpha value is 0.320. The minimum absolute atomic E-state index is 0.458. The summed E-state index contributed by atoms with van der Waals surface area (Å²) in [7, 11) is 0. The molecule has 2 rings (SSSR count). The van der Waals surface area contributed by atoms with Crippen molar-refractivity contribution in [1.82, 2.24) is 5.43 Å². The molecule has 90 valence electrons. The molecule has 2 heterocycles. The highest BCUT2D eigenvalue weighted by Gasteiger charge is 2.23. The summed E-state index contributed by atoms with van der Waals surface area (Å²) in [6.07, 6.45) is 2.30. The first kappa shape index (κ1) is 12.8. The first-order valence-corrected chi connectivity index (χ1v) is 8.66. The van der Waals surface area contributed by atoms with Crippen LogP contribution in [-0.2, 0) is 6.42 Å². The maximum Gasteiger partial charge on any atom is 0.0340 e. The van der Waals surface area contributed by atoms with Crippen molar-refractivity contribution in [3.05, 3.63) is 22.4 Å². The third-order valence-electron chi connectivity index (χ3n) is 2.79. The van der Waals surface area contributed by atoms with E-state index in [1.807, 2.05) is 11.3 Å². The van der Waals surface area contributed by atoms with Crippen molar-refractivity contribution in [2.24, 2.45) is 5.84 Å². The van der Waals surface area contributed by atoms with Gasteiger partial charge in [-0.3, -0.25) is 11.3 Å². The number of hydrazine groups is 1. The van der Waals surface area contributed by atoms with E-state index in [9.17, 15) is 0 Å². The molecule has 0 bridgehead atoms. The average Bonchev–Trinajstić information content (AvgIpc) is 2.84. The van der Waals surface area contributed by atoms with Crippen LogP contribution in [0.3, 0.4) is 0 Å². The van der Waals surface area contributed by atoms with Crippen molar-refractivity contribution in [2.75, 3.05) is 17.3 Å². The van der Waals surface area contributed by atoms with Crippen LogP contribution in [0.4, 0.5) is 0 Å². The highest BCUT2D eigenvalue weighted by atomic mass is 32.2. The van der Waals surface area contributed by atoms with Crippen LogP contribution < -0.4 is 11.3 Å². The Bertz CT molecular complexity index is 283. The van der Waals surface area contributed by atoms with Gasteiger partial charge in [-0.15, -0.1) is 11.3 Å². The van der Waals surface area contributed by atoms with E-state index in [4.69, 9.17) is 5.84 Å². The molecule has 1 aliphatic heterocycles. The highest BCUT2D eigenvalue weighted by Crippen LogP contribution is 2.28. The van der Waals surface area contributed by atoms with Gasteiger partial charge in [0.25, 0.3) is 0 Å². The molecule has 0 aliphatic carbocycles. The number of hydrogen-bond donors (Lipinski definition) is 2. The molecule has 0 spiro atoms. The fraction of sp³-hybridized carbons (Fsp3) is 0.636. The maximum absolute atomic E-state index is 5.67. The molecule has 3 N–H and O–H groups in total. The molecule has 2 nitrogen and oxygen atoms in total. The van der Waals surface area contributed by atoms with Gasteiger partial charge in [0.15, 0.2) is 0 Å². The van der Waals surface area contributed by atoms with Crippen molar-refractivity contribution in [3.8, 4) is 0 Å². The van der Waals surface area contributed by atoms with Crippen molar-refractivity contribution in [3.63, 3.8) is 0 Å². The third-order valence-corrected chi connectivity index (χ3v) is 6.64. The van der Waals surface area contributed by atoms with Gasteiger partial charge in [0.2, 0.25) is 0 Å². The van der Waals surface area contributed by atoms with Crippen LogP contribution in [0.5, 0.6) is 0 Å². The van der Waals surface area contributed by atoms with Crippen molar-refractivity contribution in [1.29, 1.82) is 0 Å². The molecule has 1 aliphatic rings. The Kier molecular flexibility index (Phi) is 5.52. The number of rotatable bonds is 5. The van der Waals surface area contributed by atoms with Crippen molar-refractivity contribution >= 4 is 34.9 Å². The monoisotopic (exact) mass is 274 g/mol. The smallest absolute Gasteiger partial charge is 0.0340 e.